The molecule has 0 aliphatic carbocycles. The molecule has 1 aromatic heterocycles. The lowest BCUT2D eigenvalue weighted by atomic mass is 9.81. The van der Waals surface area contributed by atoms with E-state index < -0.39 is 0 Å². The highest BCUT2D eigenvalue weighted by atomic mass is 16.5. The van der Waals surface area contributed by atoms with Crippen molar-refractivity contribution in [2.24, 2.45) is 0 Å². The van der Waals surface area contributed by atoms with Crippen molar-refractivity contribution in [1.29, 1.82) is 0 Å². The average molecular weight is 346 g/mol. The molecule has 1 N–H and O–H groups in total. The summed E-state index contributed by atoms with van der Waals surface area (Å²) in [6.45, 7) is 0.819. The van der Waals surface area contributed by atoms with Gasteiger partial charge in [-0.1, -0.05) is 30.3 Å². The van der Waals surface area contributed by atoms with Gasteiger partial charge < -0.3 is 9.72 Å². The molecule has 0 spiro atoms. The van der Waals surface area contributed by atoms with Crippen molar-refractivity contribution in [1.82, 2.24) is 9.88 Å². The molecule has 2 aliphatic heterocycles. The Morgan fingerprint density at radius 2 is 2.00 bits per heavy atom. The fraction of sp³-hybridized carbons (Fsp3) is 0.318. The van der Waals surface area contributed by atoms with E-state index in [0.29, 0.717) is 12.2 Å². The summed E-state index contributed by atoms with van der Waals surface area (Å²) in [5.74, 6) is 1.24. The number of rotatable bonds is 3. The van der Waals surface area contributed by atoms with Crippen molar-refractivity contribution >= 4 is 16.7 Å². The van der Waals surface area contributed by atoms with E-state index in [1.807, 2.05) is 12.1 Å². The number of nitrogens with one attached hydrogen (secondary N) is 1. The molecule has 4 heteroatoms. The van der Waals surface area contributed by atoms with Crippen LogP contribution >= 0.6 is 0 Å². The number of methoxy groups -OCH3 is 1. The Morgan fingerprint density at radius 3 is 2.81 bits per heavy atom. The molecule has 0 radical (unpaired) electrons. The molecule has 0 saturated carbocycles. The number of ketones is 1. The Morgan fingerprint density at radius 1 is 1.15 bits per heavy atom. The van der Waals surface area contributed by atoms with Gasteiger partial charge in [0.2, 0.25) is 0 Å². The minimum atomic E-state index is -0.0115. The first kappa shape index (κ1) is 15.6. The predicted molar refractivity (Wildman–Crippen MR) is 101 cm³/mol. The zero-order chi connectivity index (χ0) is 17.7. The first-order valence-corrected chi connectivity index (χ1v) is 9.25. The van der Waals surface area contributed by atoms with E-state index in [1.54, 1.807) is 7.11 Å². The van der Waals surface area contributed by atoms with Gasteiger partial charge in [-0.3, -0.25) is 9.69 Å². The number of fused-ring (bicyclic) bond motifs is 6. The Bertz CT molecular complexity index is 976. The van der Waals surface area contributed by atoms with E-state index in [0.717, 1.165) is 30.7 Å². The van der Waals surface area contributed by atoms with Crippen molar-refractivity contribution in [3.63, 3.8) is 0 Å². The molecule has 132 valence electrons. The number of carbonyl (C=O) groups excluding carboxylic acids is 1. The van der Waals surface area contributed by atoms with Crippen LogP contribution in [-0.2, 0) is 17.8 Å². The van der Waals surface area contributed by atoms with Crippen LogP contribution in [0.4, 0.5) is 0 Å². The third-order valence-corrected chi connectivity index (χ3v) is 5.92. The summed E-state index contributed by atoms with van der Waals surface area (Å²) in [4.78, 5) is 18.7. The average Bonchev–Trinajstić information content (AvgIpc) is 3.03. The number of hydrogen-bond donors (Lipinski definition) is 1. The fourth-order valence-electron chi connectivity index (χ4n) is 4.65. The number of Topliss-reactive ketones (excluding diaryl/α,β-unsaturated/α-hetero) is 1. The van der Waals surface area contributed by atoms with Crippen LogP contribution < -0.4 is 4.74 Å². The summed E-state index contributed by atoms with van der Waals surface area (Å²) in [7, 11) is 1.69. The molecule has 2 bridgehead atoms. The van der Waals surface area contributed by atoms with E-state index in [9.17, 15) is 4.79 Å². The number of aromatic amines is 1. The zero-order valence-corrected chi connectivity index (χ0v) is 14.9. The Balaban J connectivity index is 1.59. The normalized spacial score (nSPS) is 22.4. The molecule has 2 aliphatic rings. The topological polar surface area (TPSA) is 45.3 Å². The van der Waals surface area contributed by atoms with Crippen LogP contribution in [0.25, 0.3) is 10.9 Å². The van der Waals surface area contributed by atoms with E-state index in [-0.39, 0.29) is 12.1 Å². The number of H-pyrrole nitrogens is 1. The maximum absolute atomic E-state index is 12.7. The van der Waals surface area contributed by atoms with Gasteiger partial charge in [-0.05, 0) is 36.1 Å². The summed E-state index contributed by atoms with van der Waals surface area (Å²) >= 11 is 0. The largest absolute Gasteiger partial charge is 0.497 e. The van der Waals surface area contributed by atoms with E-state index in [2.05, 4.69) is 46.3 Å². The van der Waals surface area contributed by atoms with Crippen LogP contribution in [0.2, 0.25) is 0 Å². The number of ether oxygens (including phenoxy) is 1. The number of benzene rings is 2. The third kappa shape index (κ3) is 2.36. The molecule has 3 aromatic rings. The van der Waals surface area contributed by atoms with Gasteiger partial charge in [0, 0.05) is 35.6 Å². The second-order valence-corrected chi connectivity index (χ2v) is 7.33. The number of hydrogen-bond acceptors (Lipinski definition) is 3. The number of aromatic nitrogens is 1. The summed E-state index contributed by atoms with van der Waals surface area (Å²) in [5.41, 5.74) is 4.97. The first-order chi connectivity index (χ1) is 12.7. The molecule has 0 amide bonds. The quantitative estimate of drug-likeness (QED) is 0.779. The lowest BCUT2D eigenvalue weighted by Crippen LogP contribution is -2.51. The fourth-order valence-corrected chi connectivity index (χ4v) is 4.65. The van der Waals surface area contributed by atoms with Crippen molar-refractivity contribution < 1.29 is 9.53 Å². The molecule has 4 nitrogen and oxygen atoms in total. The molecular formula is C22H22N2O2. The van der Waals surface area contributed by atoms with Gasteiger partial charge in [-0.25, -0.2) is 0 Å². The molecule has 2 atom stereocenters. The van der Waals surface area contributed by atoms with Crippen molar-refractivity contribution in [3.05, 3.63) is 65.4 Å². The molecule has 26 heavy (non-hydrogen) atoms. The summed E-state index contributed by atoms with van der Waals surface area (Å²) in [6.07, 6.45) is 2.36. The van der Waals surface area contributed by atoms with Crippen molar-refractivity contribution in [2.45, 2.75) is 37.9 Å². The summed E-state index contributed by atoms with van der Waals surface area (Å²) in [5, 5.41) is 1.23. The van der Waals surface area contributed by atoms with Crippen LogP contribution in [-0.4, -0.2) is 28.8 Å². The van der Waals surface area contributed by atoms with E-state index in [4.69, 9.17) is 4.74 Å². The van der Waals surface area contributed by atoms with Gasteiger partial charge in [-0.15, -0.1) is 0 Å². The zero-order valence-electron chi connectivity index (χ0n) is 14.9. The monoisotopic (exact) mass is 346 g/mol. The summed E-state index contributed by atoms with van der Waals surface area (Å²) < 4.78 is 5.37. The number of carbonyl (C=O) groups is 1. The Kier molecular flexibility index (Phi) is 3.61. The van der Waals surface area contributed by atoms with Crippen LogP contribution in [0.5, 0.6) is 5.75 Å². The SMILES string of the molecule is COc1ccc2c3c([nH]c2c1)[C@@H]1CCC(=O)[C@H](C3)N1Cc1ccccc1. The molecule has 5 rings (SSSR count). The van der Waals surface area contributed by atoms with Gasteiger partial charge in [0.1, 0.15) is 11.5 Å². The minimum Gasteiger partial charge on any atom is -0.497 e. The third-order valence-electron chi connectivity index (χ3n) is 5.92. The molecule has 3 heterocycles. The Labute approximate surface area is 152 Å². The highest BCUT2D eigenvalue weighted by Gasteiger charge is 2.43. The van der Waals surface area contributed by atoms with Gasteiger partial charge in [-0.2, -0.15) is 0 Å². The second kappa shape index (κ2) is 5.99. The van der Waals surface area contributed by atoms with E-state index in [1.165, 1.54) is 22.2 Å². The predicted octanol–water partition coefficient (Wildman–Crippen LogP) is 4.01. The standard InChI is InChI=1S/C22H22N2O2/c1-26-15-7-8-16-17-12-20-21(25)10-9-19(22(17)23-18(16)11-15)24(20)13-14-5-3-2-4-6-14/h2-8,11,19-20,23H,9-10,12-13H2,1H3/t19-,20-/m0/s1. The van der Waals surface area contributed by atoms with Crippen LogP contribution in [0.3, 0.4) is 0 Å². The highest BCUT2D eigenvalue weighted by Crippen LogP contribution is 2.44. The molecule has 1 saturated heterocycles. The van der Waals surface area contributed by atoms with Crippen molar-refractivity contribution in [2.75, 3.05) is 7.11 Å². The maximum atomic E-state index is 12.7. The molecule has 1 fully saturated rings. The Hall–Kier alpha value is -2.59. The van der Waals surface area contributed by atoms with Gasteiger partial charge >= 0.3 is 0 Å². The van der Waals surface area contributed by atoms with Gasteiger partial charge in [0.25, 0.3) is 0 Å². The van der Waals surface area contributed by atoms with Gasteiger partial charge in [0.15, 0.2) is 0 Å². The van der Waals surface area contributed by atoms with E-state index >= 15 is 0 Å². The first-order valence-electron chi connectivity index (χ1n) is 9.25. The molecular weight excluding hydrogens is 324 g/mol. The number of nitrogens with zero attached hydrogens (tertiary/aromatic N) is 1. The second-order valence-electron chi connectivity index (χ2n) is 7.33. The van der Waals surface area contributed by atoms with Crippen LogP contribution in [0, 0.1) is 0 Å². The smallest absolute Gasteiger partial charge is 0.150 e. The number of piperidine rings is 1. The maximum Gasteiger partial charge on any atom is 0.150 e. The summed E-state index contributed by atoms with van der Waals surface area (Å²) in [6, 6.07) is 16.9. The lowest BCUT2D eigenvalue weighted by molar-refractivity contribution is -0.130. The lowest BCUT2D eigenvalue weighted by Gasteiger charge is -2.45. The van der Waals surface area contributed by atoms with Crippen molar-refractivity contribution in [3.8, 4) is 5.75 Å². The van der Waals surface area contributed by atoms with Crippen LogP contribution in [0.1, 0.15) is 35.7 Å². The highest BCUT2D eigenvalue weighted by molar-refractivity contribution is 5.90. The molecule has 0 unspecified atom stereocenters. The minimum absolute atomic E-state index is 0.0115. The van der Waals surface area contributed by atoms with Gasteiger partial charge in [0.05, 0.1) is 19.2 Å². The molecule has 2 aromatic carbocycles. The van der Waals surface area contributed by atoms with Crippen LogP contribution in [0.15, 0.2) is 48.5 Å².